The second kappa shape index (κ2) is 8.82. The van der Waals surface area contributed by atoms with Crippen molar-refractivity contribution in [3.8, 4) is 0 Å². The predicted octanol–water partition coefficient (Wildman–Crippen LogP) is 3.74. The van der Waals surface area contributed by atoms with Crippen LogP contribution in [0.3, 0.4) is 0 Å². The Bertz CT molecular complexity index is 317. The molecule has 2 saturated heterocycles. The molecule has 3 nitrogen and oxygen atoms in total. The van der Waals surface area contributed by atoms with Gasteiger partial charge in [-0.3, -0.25) is 9.80 Å². The predicted molar refractivity (Wildman–Crippen MR) is 98.8 cm³/mol. The molecule has 0 aliphatic carbocycles. The largest absolute Gasteiger partial charge is 0.379 e. The van der Waals surface area contributed by atoms with E-state index in [0.29, 0.717) is 12.1 Å². The van der Waals surface area contributed by atoms with E-state index in [1.165, 1.54) is 25.9 Å². The normalized spacial score (nSPS) is 40.4. The first-order valence-electron chi connectivity index (χ1n) is 9.97. The molecule has 2 heterocycles. The van der Waals surface area contributed by atoms with Gasteiger partial charge in [0.15, 0.2) is 0 Å². The Kier molecular flexibility index (Phi) is 7.37. The fourth-order valence-corrected chi connectivity index (χ4v) is 4.38. The molecule has 0 spiro atoms. The second-order valence-corrected chi connectivity index (χ2v) is 8.42. The van der Waals surface area contributed by atoms with Crippen LogP contribution in [0.4, 0.5) is 0 Å². The van der Waals surface area contributed by atoms with Gasteiger partial charge in [0.2, 0.25) is 0 Å². The van der Waals surface area contributed by atoms with Crippen LogP contribution in [0.1, 0.15) is 54.4 Å². The summed E-state index contributed by atoms with van der Waals surface area (Å²) in [6.45, 7) is 20.8. The minimum absolute atomic E-state index is 0.701. The minimum atomic E-state index is 0.701. The maximum absolute atomic E-state index is 5.98. The molecule has 6 atom stereocenters. The van der Waals surface area contributed by atoms with Gasteiger partial charge in [0, 0.05) is 25.2 Å². The number of ether oxygens (including phenoxy) is 1. The molecule has 6 unspecified atom stereocenters. The maximum atomic E-state index is 5.98. The second-order valence-electron chi connectivity index (χ2n) is 8.42. The molecule has 3 heteroatoms. The van der Waals surface area contributed by atoms with Gasteiger partial charge in [-0.2, -0.15) is 0 Å². The highest BCUT2D eigenvalue weighted by atomic mass is 16.5. The number of hydrogen-bond acceptors (Lipinski definition) is 3. The fourth-order valence-electron chi connectivity index (χ4n) is 4.38. The monoisotopic (exact) mass is 324 g/mol. The lowest BCUT2D eigenvalue weighted by Crippen LogP contribution is -2.48. The number of likely N-dealkylation sites (tertiary alicyclic amines) is 2. The molecule has 2 rings (SSSR count). The molecule has 0 aromatic carbocycles. The molecule has 0 aromatic rings. The Morgan fingerprint density at radius 1 is 0.696 bits per heavy atom. The molecule has 0 aromatic heterocycles. The van der Waals surface area contributed by atoms with E-state index in [2.05, 4.69) is 51.3 Å². The third kappa shape index (κ3) is 4.93. The third-order valence-electron chi connectivity index (χ3n) is 7.26. The number of nitrogens with zero attached hydrogens (tertiary/aromatic N) is 2. The lowest BCUT2D eigenvalue weighted by atomic mass is 9.83. The molecular formula is C20H40N2O. The van der Waals surface area contributed by atoms with Crippen molar-refractivity contribution in [3.63, 3.8) is 0 Å². The van der Waals surface area contributed by atoms with E-state index in [9.17, 15) is 0 Å². The van der Waals surface area contributed by atoms with Crippen molar-refractivity contribution in [2.45, 2.75) is 66.5 Å². The van der Waals surface area contributed by atoms with Crippen LogP contribution in [-0.2, 0) is 4.74 Å². The molecule has 0 bridgehead atoms. The Labute approximate surface area is 144 Å². The van der Waals surface area contributed by atoms with Gasteiger partial charge in [-0.1, -0.05) is 27.7 Å². The van der Waals surface area contributed by atoms with Gasteiger partial charge in [0.05, 0.1) is 13.2 Å². The van der Waals surface area contributed by atoms with Crippen LogP contribution >= 0.6 is 0 Å². The van der Waals surface area contributed by atoms with Crippen LogP contribution in [0.15, 0.2) is 0 Å². The van der Waals surface area contributed by atoms with Crippen LogP contribution in [0.5, 0.6) is 0 Å². The molecule has 2 aliphatic heterocycles. The van der Waals surface area contributed by atoms with Gasteiger partial charge in [0.1, 0.15) is 0 Å². The van der Waals surface area contributed by atoms with Crippen molar-refractivity contribution in [2.24, 2.45) is 23.7 Å². The van der Waals surface area contributed by atoms with E-state index in [-0.39, 0.29) is 0 Å². The number of rotatable bonds is 6. The summed E-state index contributed by atoms with van der Waals surface area (Å²) in [6.07, 6.45) is 2.68. The molecular weight excluding hydrogens is 284 g/mol. The van der Waals surface area contributed by atoms with Crippen LogP contribution in [-0.4, -0.2) is 61.3 Å². The molecule has 0 saturated carbocycles. The molecule has 2 aliphatic rings. The Hall–Kier alpha value is -0.120. The van der Waals surface area contributed by atoms with Crippen molar-refractivity contribution in [3.05, 3.63) is 0 Å². The number of hydrogen-bond donors (Lipinski definition) is 0. The van der Waals surface area contributed by atoms with E-state index in [0.717, 1.165) is 50.0 Å². The van der Waals surface area contributed by atoms with Crippen LogP contribution in [0, 0.1) is 23.7 Å². The Balaban J connectivity index is 1.61. The molecule has 0 radical (unpaired) electrons. The fraction of sp³-hybridized carbons (Fsp3) is 1.00. The van der Waals surface area contributed by atoms with Gasteiger partial charge < -0.3 is 4.74 Å². The smallest absolute Gasteiger partial charge is 0.0594 e. The lowest BCUT2D eigenvalue weighted by Gasteiger charge is -2.42. The van der Waals surface area contributed by atoms with Crippen molar-refractivity contribution in [1.82, 2.24) is 9.80 Å². The van der Waals surface area contributed by atoms with E-state index in [4.69, 9.17) is 4.74 Å². The average Bonchev–Trinajstić information content (AvgIpc) is 2.54. The van der Waals surface area contributed by atoms with Gasteiger partial charge in [-0.05, 0) is 63.5 Å². The van der Waals surface area contributed by atoms with Crippen molar-refractivity contribution in [1.29, 1.82) is 0 Å². The summed E-state index contributed by atoms with van der Waals surface area (Å²) in [5.41, 5.74) is 0. The SMILES string of the molecule is CC1CCN(CCOCCN2CCC(C)C(C)C2C)C(C)C1C. The summed E-state index contributed by atoms with van der Waals surface area (Å²) in [7, 11) is 0. The molecule has 23 heavy (non-hydrogen) atoms. The topological polar surface area (TPSA) is 15.7 Å². The van der Waals surface area contributed by atoms with E-state index < -0.39 is 0 Å². The van der Waals surface area contributed by atoms with Crippen LogP contribution < -0.4 is 0 Å². The zero-order valence-corrected chi connectivity index (χ0v) is 16.4. The standard InChI is InChI=1S/C20H40N2O/c1-15-7-9-21(19(5)17(15)3)11-13-23-14-12-22-10-8-16(2)18(4)20(22)6/h15-20H,7-14H2,1-6H3. The average molecular weight is 325 g/mol. The Morgan fingerprint density at radius 2 is 1.09 bits per heavy atom. The van der Waals surface area contributed by atoms with E-state index in [1.807, 2.05) is 0 Å². The third-order valence-corrected chi connectivity index (χ3v) is 7.26. The van der Waals surface area contributed by atoms with E-state index in [1.54, 1.807) is 0 Å². The van der Waals surface area contributed by atoms with Gasteiger partial charge in [-0.25, -0.2) is 0 Å². The van der Waals surface area contributed by atoms with Gasteiger partial charge in [0.25, 0.3) is 0 Å². The highest BCUT2D eigenvalue weighted by Gasteiger charge is 2.30. The minimum Gasteiger partial charge on any atom is -0.379 e. The highest BCUT2D eigenvalue weighted by molar-refractivity contribution is 4.83. The highest BCUT2D eigenvalue weighted by Crippen LogP contribution is 2.29. The molecule has 0 amide bonds. The summed E-state index contributed by atoms with van der Waals surface area (Å²) < 4.78 is 5.98. The van der Waals surface area contributed by atoms with Crippen molar-refractivity contribution >= 4 is 0 Å². The summed E-state index contributed by atoms with van der Waals surface area (Å²) in [5.74, 6) is 3.35. The first-order chi connectivity index (χ1) is 10.9. The summed E-state index contributed by atoms with van der Waals surface area (Å²) in [5, 5.41) is 0. The lowest BCUT2D eigenvalue weighted by molar-refractivity contribution is 0.0159. The van der Waals surface area contributed by atoms with Crippen LogP contribution in [0.25, 0.3) is 0 Å². The van der Waals surface area contributed by atoms with Crippen LogP contribution in [0.2, 0.25) is 0 Å². The zero-order valence-electron chi connectivity index (χ0n) is 16.4. The summed E-state index contributed by atoms with van der Waals surface area (Å²) in [6, 6.07) is 1.40. The van der Waals surface area contributed by atoms with Crippen molar-refractivity contribution in [2.75, 3.05) is 39.4 Å². The van der Waals surface area contributed by atoms with Crippen molar-refractivity contribution < 1.29 is 4.74 Å². The molecule has 0 N–H and O–H groups in total. The number of piperidine rings is 2. The Morgan fingerprint density at radius 3 is 1.48 bits per heavy atom. The molecule has 136 valence electrons. The zero-order chi connectivity index (χ0) is 17.0. The first kappa shape index (κ1) is 19.2. The quantitative estimate of drug-likeness (QED) is 0.692. The molecule has 2 fully saturated rings. The first-order valence-corrected chi connectivity index (χ1v) is 9.97. The summed E-state index contributed by atoms with van der Waals surface area (Å²) >= 11 is 0. The van der Waals surface area contributed by atoms with E-state index >= 15 is 0 Å². The maximum Gasteiger partial charge on any atom is 0.0594 e. The summed E-state index contributed by atoms with van der Waals surface area (Å²) in [4.78, 5) is 5.25. The van der Waals surface area contributed by atoms with Gasteiger partial charge in [-0.15, -0.1) is 0 Å². The van der Waals surface area contributed by atoms with Gasteiger partial charge >= 0.3 is 0 Å².